The minimum atomic E-state index is -0.123. The number of aromatic nitrogens is 2. The van der Waals surface area contributed by atoms with E-state index in [9.17, 15) is 4.79 Å². The Bertz CT molecular complexity index is 658. The molecule has 0 radical (unpaired) electrons. The lowest BCUT2D eigenvalue weighted by atomic mass is 10.2. The number of hydrogen-bond donors (Lipinski definition) is 3. The highest BCUT2D eigenvalue weighted by molar-refractivity contribution is 6.14. The van der Waals surface area contributed by atoms with E-state index in [1.165, 1.54) is 5.56 Å². The first-order valence-electron chi connectivity index (χ1n) is 6.46. The average Bonchev–Trinajstić information content (AvgIpc) is 2.93. The highest BCUT2D eigenvalue weighted by atomic mass is 16.5. The van der Waals surface area contributed by atoms with Crippen LogP contribution in [-0.2, 0) is 4.74 Å². The Kier molecular flexibility index (Phi) is 2.33. The molecule has 19 heavy (non-hydrogen) atoms. The molecule has 1 aromatic rings. The van der Waals surface area contributed by atoms with Crippen LogP contribution >= 0.6 is 0 Å². The molecule has 1 aromatic heterocycles. The number of nitrogens with zero attached hydrogens (tertiary/aromatic N) is 1. The number of morpholine rings is 1. The molecule has 4 rings (SSSR count). The first-order chi connectivity index (χ1) is 9.33. The van der Waals surface area contributed by atoms with E-state index >= 15 is 0 Å². The Hall–Kier alpha value is -1.92. The third kappa shape index (κ3) is 1.80. The summed E-state index contributed by atoms with van der Waals surface area (Å²) in [5.74, 6) is -0.123. The molecule has 2 aliphatic carbocycles. The summed E-state index contributed by atoms with van der Waals surface area (Å²) >= 11 is 0. The van der Waals surface area contributed by atoms with Gasteiger partial charge in [-0.15, -0.1) is 0 Å². The first-order valence-corrected chi connectivity index (χ1v) is 6.46. The number of fused-ring (bicyclic) bond motifs is 3. The van der Waals surface area contributed by atoms with Crippen LogP contribution in [0.15, 0.2) is 12.1 Å². The first kappa shape index (κ1) is 11.0. The van der Waals surface area contributed by atoms with E-state index in [0.717, 1.165) is 29.6 Å². The minimum Gasteiger partial charge on any atom is -0.374 e. The molecular weight excluding hydrogens is 244 g/mol. The predicted molar refractivity (Wildman–Crippen MR) is 70.0 cm³/mol. The number of hydrogen-bond acceptors (Lipinski definition) is 4. The molecule has 6 nitrogen and oxygen atoms in total. The summed E-state index contributed by atoms with van der Waals surface area (Å²) in [6, 6.07) is 4.06. The summed E-state index contributed by atoms with van der Waals surface area (Å²) in [6.45, 7) is 2.86. The number of H-pyrrole nitrogens is 1. The number of amides is 1. The maximum atomic E-state index is 12.1. The van der Waals surface area contributed by atoms with Gasteiger partial charge in [-0.1, -0.05) is 0 Å². The van der Waals surface area contributed by atoms with Crippen LogP contribution in [0, 0.1) is 0 Å². The standard InChI is InChI=1S/C13H14N4O2/c18-13(15-6-8-5-14-1-2-19-8)12-10-4-7-3-9(7)11(10)16-17-12/h3-4,8,14H,1-2,5-6H2,(H,15,18)(H,16,17). The van der Waals surface area contributed by atoms with Gasteiger partial charge in [0.05, 0.1) is 12.7 Å². The Labute approximate surface area is 109 Å². The zero-order chi connectivity index (χ0) is 12.8. The Balaban J connectivity index is 1.46. The third-order valence-electron chi connectivity index (χ3n) is 3.61. The summed E-state index contributed by atoms with van der Waals surface area (Å²) in [5, 5.41) is 14.0. The van der Waals surface area contributed by atoms with Gasteiger partial charge in [-0.05, 0) is 17.7 Å². The van der Waals surface area contributed by atoms with E-state index in [-0.39, 0.29) is 12.0 Å². The molecule has 0 bridgehead atoms. The van der Waals surface area contributed by atoms with Gasteiger partial charge in [-0.25, -0.2) is 0 Å². The molecule has 6 heteroatoms. The molecule has 1 fully saturated rings. The quantitative estimate of drug-likeness (QED) is 0.629. The van der Waals surface area contributed by atoms with Crippen molar-refractivity contribution in [3.05, 3.63) is 17.8 Å². The number of rotatable bonds is 3. The van der Waals surface area contributed by atoms with Crippen LogP contribution < -0.4 is 10.6 Å². The number of benzene rings is 1. The summed E-state index contributed by atoms with van der Waals surface area (Å²) in [7, 11) is 0. The second-order valence-electron chi connectivity index (χ2n) is 4.93. The van der Waals surface area contributed by atoms with Crippen molar-refractivity contribution in [3.63, 3.8) is 0 Å². The average molecular weight is 258 g/mol. The largest absolute Gasteiger partial charge is 0.374 e. The smallest absolute Gasteiger partial charge is 0.270 e. The minimum absolute atomic E-state index is 0.0446. The van der Waals surface area contributed by atoms with E-state index in [0.29, 0.717) is 18.8 Å². The fourth-order valence-electron chi connectivity index (χ4n) is 2.51. The molecule has 1 atom stereocenters. The van der Waals surface area contributed by atoms with E-state index in [1.807, 2.05) is 6.07 Å². The molecule has 3 aliphatic rings. The Morgan fingerprint density at radius 3 is 3.32 bits per heavy atom. The zero-order valence-corrected chi connectivity index (χ0v) is 10.3. The van der Waals surface area contributed by atoms with Gasteiger partial charge >= 0.3 is 0 Å². The van der Waals surface area contributed by atoms with Gasteiger partial charge < -0.3 is 15.4 Å². The van der Waals surface area contributed by atoms with E-state index < -0.39 is 0 Å². The third-order valence-corrected chi connectivity index (χ3v) is 3.61. The number of carbonyl (C=O) groups excluding carboxylic acids is 1. The van der Waals surface area contributed by atoms with Crippen LogP contribution in [0.1, 0.15) is 10.5 Å². The Morgan fingerprint density at radius 2 is 2.47 bits per heavy atom. The summed E-state index contributed by atoms with van der Waals surface area (Å²) < 4.78 is 5.54. The highest BCUT2D eigenvalue weighted by Crippen LogP contribution is 2.42. The monoisotopic (exact) mass is 258 g/mol. The normalized spacial score (nSPS) is 20.5. The van der Waals surface area contributed by atoms with E-state index in [4.69, 9.17) is 4.74 Å². The molecule has 1 aliphatic heterocycles. The van der Waals surface area contributed by atoms with Crippen molar-refractivity contribution >= 4 is 16.8 Å². The van der Waals surface area contributed by atoms with Crippen LogP contribution in [0.4, 0.5) is 0 Å². The Morgan fingerprint density at radius 1 is 1.53 bits per heavy atom. The van der Waals surface area contributed by atoms with Crippen molar-refractivity contribution in [2.75, 3.05) is 26.2 Å². The number of nitrogens with one attached hydrogen (secondary N) is 3. The summed E-state index contributed by atoms with van der Waals surface area (Å²) in [6.07, 6.45) is 0.0446. The van der Waals surface area contributed by atoms with Crippen LogP contribution in [-0.4, -0.2) is 48.4 Å². The molecule has 1 unspecified atom stereocenters. The summed E-state index contributed by atoms with van der Waals surface area (Å²) in [5.41, 5.74) is 3.79. The van der Waals surface area contributed by atoms with Crippen molar-refractivity contribution < 1.29 is 9.53 Å². The predicted octanol–water partition coefficient (Wildman–Crippen LogP) is 0.262. The van der Waals surface area contributed by atoms with Crippen LogP contribution in [0.5, 0.6) is 0 Å². The molecule has 1 saturated heterocycles. The zero-order valence-electron chi connectivity index (χ0n) is 10.3. The van der Waals surface area contributed by atoms with Crippen LogP contribution in [0.3, 0.4) is 0 Å². The molecule has 2 heterocycles. The van der Waals surface area contributed by atoms with Gasteiger partial charge in [0.2, 0.25) is 0 Å². The van der Waals surface area contributed by atoms with Gasteiger partial charge in [0.1, 0.15) is 11.2 Å². The van der Waals surface area contributed by atoms with Crippen LogP contribution in [0.2, 0.25) is 0 Å². The molecule has 1 amide bonds. The van der Waals surface area contributed by atoms with Gasteiger partial charge in [-0.2, -0.15) is 5.10 Å². The maximum absolute atomic E-state index is 12.1. The molecule has 3 N–H and O–H groups in total. The number of ether oxygens (including phenoxy) is 1. The number of aromatic amines is 1. The lowest BCUT2D eigenvalue weighted by Crippen LogP contribution is -2.45. The lowest BCUT2D eigenvalue weighted by molar-refractivity contribution is 0.0287. The molecule has 0 saturated carbocycles. The van der Waals surface area contributed by atoms with E-state index in [2.05, 4.69) is 26.9 Å². The lowest BCUT2D eigenvalue weighted by Gasteiger charge is -2.23. The topological polar surface area (TPSA) is 79.0 Å². The van der Waals surface area contributed by atoms with Gasteiger partial charge in [0, 0.05) is 30.6 Å². The molecule has 0 aromatic carbocycles. The number of carbonyl (C=O) groups is 1. The van der Waals surface area contributed by atoms with Crippen molar-refractivity contribution in [3.8, 4) is 11.1 Å². The molecular formula is C13H14N4O2. The van der Waals surface area contributed by atoms with Crippen molar-refractivity contribution in [1.82, 2.24) is 20.8 Å². The van der Waals surface area contributed by atoms with Crippen molar-refractivity contribution in [2.45, 2.75) is 6.10 Å². The van der Waals surface area contributed by atoms with Crippen molar-refractivity contribution in [2.24, 2.45) is 0 Å². The molecule has 0 spiro atoms. The van der Waals surface area contributed by atoms with Crippen molar-refractivity contribution in [1.29, 1.82) is 0 Å². The SMILES string of the molecule is O=C(NCC1CNCCO1)c1[nH]nc2c3cc-3cc12. The second-order valence-corrected chi connectivity index (χ2v) is 4.93. The summed E-state index contributed by atoms with van der Waals surface area (Å²) in [4.78, 5) is 12.1. The van der Waals surface area contributed by atoms with Gasteiger partial charge in [-0.3, -0.25) is 9.89 Å². The fraction of sp³-hybridized carbons (Fsp3) is 0.385. The highest BCUT2D eigenvalue weighted by Gasteiger charge is 2.25. The molecule has 98 valence electrons. The van der Waals surface area contributed by atoms with Gasteiger partial charge in [0.15, 0.2) is 0 Å². The van der Waals surface area contributed by atoms with Crippen LogP contribution in [0.25, 0.3) is 22.0 Å². The fourth-order valence-corrected chi connectivity index (χ4v) is 2.51. The van der Waals surface area contributed by atoms with Gasteiger partial charge in [0.25, 0.3) is 5.91 Å². The van der Waals surface area contributed by atoms with E-state index in [1.54, 1.807) is 0 Å². The maximum Gasteiger partial charge on any atom is 0.270 e. The second kappa shape index (κ2) is 4.04.